The van der Waals surface area contributed by atoms with Crippen LogP contribution in [0.5, 0.6) is 5.75 Å². The fourth-order valence-corrected chi connectivity index (χ4v) is 5.28. The average molecular weight is 519 g/mol. The molecule has 1 aliphatic heterocycles. The lowest BCUT2D eigenvalue weighted by Crippen LogP contribution is -2.48. The molecule has 10 nitrogen and oxygen atoms in total. The Morgan fingerprint density at radius 1 is 1.20 bits per heavy atom. The number of alkyl halides is 3. The van der Waals surface area contributed by atoms with Crippen molar-refractivity contribution in [3.63, 3.8) is 0 Å². The Hall–Kier alpha value is -3.05. The number of hydroxylamine groups is 2. The Labute approximate surface area is 199 Å². The van der Waals surface area contributed by atoms with E-state index in [-0.39, 0.29) is 0 Å². The number of ether oxygens (including phenoxy) is 2. The van der Waals surface area contributed by atoms with Gasteiger partial charge in [0.2, 0.25) is 5.91 Å². The lowest BCUT2D eigenvalue weighted by atomic mass is 10.2. The highest BCUT2D eigenvalue weighted by Crippen LogP contribution is 2.37. The molecule has 1 N–H and O–H groups in total. The molecule has 1 amide bonds. The van der Waals surface area contributed by atoms with E-state index in [0.29, 0.717) is 12.8 Å². The van der Waals surface area contributed by atoms with Gasteiger partial charge in [0.15, 0.2) is 9.84 Å². The number of nitrogens with one attached hydrogen (secondary N) is 1. The Kier molecular flexibility index (Phi) is 6.98. The van der Waals surface area contributed by atoms with Crippen LogP contribution in [0.15, 0.2) is 29.2 Å². The molecule has 1 saturated carbocycles. The third-order valence-electron chi connectivity index (χ3n) is 5.25. The lowest BCUT2D eigenvalue weighted by Gasteiger charge is -2.25. The van der Waals surface area contributed by atoms with E-state index < -0.39 is 74.3 Å². The molecule has 1 aromatic carbocycles. The third-order valence-corrected chi connectivity index (χ3v) is 7.42. The molecule has 0 unspecified atom stereocenters. The molecule has 1 aliphatic carbocycles. The molecule has 0 radical (unpaired) electrons. The number of nitriles is 1. The summed E-state index contributed by atoms with van der Waals surface area (Å²) in [4.78, 5) is 29.5. The van der Waals surface area contributed by atoms with Crippen molar-refractivity contribution in [2.45, 2.75) is 73.7 Å². The standard InChI is InChI=1S/C21H24F3N3O7S/c1-19(2,3)33-18(29)34-27-11-13(10-14(27)17(28)26-20(12-25)8-9-20)35(30,31)16-7-5-4-6-15(16)32-21(22,23)24/h4-7,13-14H,8-11H2,1-3H3,(H,26,28)/t13-,14+/m1/s1. The van der Waals surface area contributed by atoms with Gasteiger partial charge in [0.25, 0.3) is 0 Å². The van der Waals surface area contributed by atoms with E-state index in [4.69, 9.17) is 9.57 Å². The minimum atomic E-state index is -5.13. The van der Waals surface area contributed by atoms with E-state index >= 15 is 0 Å². The summed E-state index contributed by atoms with van der Waals surface area (Å²) in [7, 11) is -4.49. The van der Waals surface area contributed by atoms with Gasteiger partial charge in [-0.25, -0.2) is 13.2 Å². The zero-order valence-electron chi connectivity index (χ0n) is 19.1. The number of hydrogen-bond acceptors (Lipinski definition) is 9. The van der Waals surface area contributed by atoms with Crippen LogP contribution in [0.4, 0.5) is 18.0 Å². The molecule has 192 valence electrons. The van der Waals surface area contributed by atoms with Gasteiger partial charge in [-0.1, -0.05) is 12.1 Å². The summed E-state index contributed by atoms with van der Waals surface area (Å²) in [5, 5.41) is 11.2. The zero-order valence-corrected chi connectivity index (χ0v) is 19.9. The summed E-state index contributed by atoms with van der Waals surface area (Å²) in [6, 6.07) is 4.86. The molecule has 0 aromatic heterocycles. The van der Waals surface area contributed by atoms with Crippen molar-refractivity contribution >= 4 is 21.9 Å². The second kappa shape index (κ2) is 9.19. The lowest BCUT2D eigenvalue weighted by molar-refractivity contribution is -0.275. The Morgan fingerprint density at radius 3 is 2.37 bits per heavy atom. The second-order valence-corrected chi connectivity index (χ2v) is 11.4. The maximum atomic E-state index is 13.3. The van der Waals surface area contributed by atoms with Crippen LogP contribution < -0.4 is 10.1 Å². The summed E-state index contributed by atoms with van der Waals surface area (Å²) in [5.74, 6) is -1.68. The van der Waals surface area contributed by atoms with Crippen LogP contribution >= 0.6 is 0 Å². The predicted octanol–water partition coefficient (Wildman–Crippen LogP) is 2.84. The Morgan fingerprint density at radius 2 is 1.83 bits per heavy atom. The molecule has 3 rings (SSSR count). The van der Waals surface area contributed by atoms with Crippen LogP contribution in [0, 0.1) is 11.3 Å². The maximum Gasteiger partial charge on any atom is 0.573 e. The number of para-hydroxylation sites is 1. The summed E-state index contributed by atoms with van der Waals surface area (Å²) in [5.41, 5.74) is -2.04. The molecular formula is C21H24F3N3O7S. The average Bonchev–Trinajstić information content (AvgIpc) is 3.34. The number of sulfone groups is 1. The van der Waals surface area contributed by atoms with E-state index in [0.717, 1.165) is 17.2 Å². The van der Waals surface area contributed by atoms with E-state index in [1.165, 1.54) is 12.1 Å². The van der Waals surface area contributed by atoms with Gasteiger partial charge in [-0.2, -0.15) is 5.26 Å². The molecule has 1 heterocycles. The summed E-state index contributed by atoms with van der Waals surface area (Å²) >= 11 is 0. The second-order valence-electron chi connectivity index (χ2n) is 9.25. The van der Waals surface area contributed by atoms with E-state index in [9.17, 15) is 36.4 Å². The predicted molar refractivity (Wildman–Crippen MR) is 112 cm³/mol. The number of benzene rings is 1. The third kappa shape index (κ3) is 6.55. The molecule has 2 atom stereocenters. The molecule has 2 aliphatic rings. The van der Waals surface area contributed by atoms with Gasteiger partial charge < -0.3 is 19.6 Å². The van der Waals surface area contributed by atoms with E-state index in [2.05, 4.69) is 10.1 Å². The first-order valence-corrected chi connectivity index (χ1v) is 12.1. The fraction of sp³-hybridized carbons (Fsp3) is 0.571. The number of amides is 1. The highest BCUT2D eigenvalue weighted by Gasteiger charge is 2.51. The maximum absolute atomic E-state index is 13.3. The van der Waals surface area contributed by atoms with Crippen LogP contribution in [0.25, 0.3) is 0 Å². The number of nitrogens with zero attached hydrogens (tertiary/aromatic N) is 2. The summed E-state index contributed by atoms with van der Waals surface area (Å²) in [6.45, 7) is 4.17. The van der Waals surface area contributed by atoms with Gasteiger partial charge in [0, 0.05) is 0 Å². The van der Waals surface area contributed by atoms with Gasteiger partial charge in [-0.3, -0.25) is 4.79 Å². The van der Waals surface area contributed by atoms with Crippen LogP contribution in [0.1, 0.15) is 40.0 Å². The minimum absolute atomic E-state index is 0.402. The Bertz CT molecular complexity index is 1140. The van der Waals surface area contributed by atoms with Gasteiger partial charge in [-0.15, -0.1) is 18.2 Å². The number of hydrogen-bond donors (Lipinski definition) is 1. The normalized spacial score (nSPS) is 22.1. The zero-order chi connectivity index (χ0) is 26.2. The van der Waals surface area contributed by atoms with Crippen molar-refractivity contribution in [1.82, 2.24) is 10.4 Å². The quantitative estimate of drug-likeness (QED) is 0.563. The molecule has 0 spiro atoms. The van der Waals surface area contributed by atoms with Crippen molar-refractivity contribution < 1.29 is 45.5 Å². The molecular weight excluding hydrogens is 495 g/mol. The summed E-state index contributed by atoms with van der Waals surface area (Å²) < 4.78 is 74.0. The van der Waals surface area contributed by atoms with Crippen molar-refractivity contribution in [2.24, 2.45) is 0 Å². The molecule has 1 aromatic rings. The first-order valence-electron chi connectivity index (χ1n) is 10.5. The fourth-order valence-electron chi connectivity index (χ4n) is 3.48. The van der Waals surface area contributed by atoms with E-state index in [1.54, 1.807) is 20.8 Å². The van der Waals surface area contributed by atoms with Crippen LogP contribution in [0.2, 0.25) is 0 Å². The van der Waals surface area contributed by atoms with Gasteiger partial charge in [0.05, 0.1) is 17.9 Å². The van der Waals surface area contributed by atoms with E-state index in [1.807, 2.05) is 6.07 Å². The first kappa shape index (κ1) is 26.6. The molecule has 2 fully saturated rings. The van der Waals surface area contributed by atoms with Crippen molar-refractivity contribution in [3.05, 3.63) is 24.3 Å². The largest absolute Gasteiger partial charge is 0.573 e. The number of halogens is 3. The summed E-state index contributed by atoms with van der Waals surface area (Å²) in [6.07, 6.45) is -5.95. The topological polar surface area (TPSA) is 135 Å². The Balaban J connectivity index is 1.88. The highest BCUT2D eigenvalue weighted by atomic mass is 32.2. The first-order chi connectivity index (χ1) is 16.1. The monoisotopic (exact) mass is 519 g/mol. The van der Waals surface area contributed by atoms with Crippen LogP contribution in [0.3, 0.4) is 0 Å². The molecule has 1 saturated heterocycles. The van der Waals surface area contributed by atoms with Crippen molar-refractivity contribution in [2.75, 3.05) is 6.54 Å². The molecule has 35 heavy (non-hydrogen) atoms. The minimum Gasteiger partial charge on any atom is -0.427 e. The number of carbonyl (C=O) groups excluding carboxylic acids is 2. The molecule has 14 heteroatoms. The van der Waals surface area contributed by atoms with Crippen molar-refractivity contribution in [1.29, 1.82) is 5.26 Å². The van der Waals surface area contributed by atoms with Crippen LogP contribution in [-0.4, -0.2) is 60.9 Å². The van der Waals surface area contributed by atoms with Crippen LogP contribution in [-0.2, 0) is 24.2 Å². The van der Waals surface area contributed by atoms with Gasteiger partial charge >= 0.3 is 12.5 Å². The SMILES string of the molecule is CC(C)(C)OC(=O)ON1C[C@H](S(=O)(=O)c2ccccc2OC(F)(F)F)C[C@H]1C(=O)NC1(C#N)CC1. The van der Waals surface area contributed by atoms with Crippen molar-refractivity contribution in [3.8, 4) is 11.8 Å². The highest BCUT2D eigenvalue weighted by molar-refractivity contribution is 7.92. The van der Waals surface area contributed by atoms with Gasteiger partial charge in [-0.05, 0) is 52.2 Å². The number of carbonyl (C=O) groups is 2. The molecule has 0 bridgehead atoms. The number of rotatable bonds is 6. The van der Waals surface area contributed by atoms with Gasteiger partial charge in [0.1, 0.15) is 27.8 Å². The smallest absolute Gasteiger partial charge is 0.427 e.